The molecule has 2 atom stereocenters. The number of hydrogen-bond acceptors (Lipinski definition) is 5. The van der Waals surface area contributed by atoms with Gasteiger partial charge >= 0.3 is 175 Å². The van der Waals surface area contributed by atoms with Crippen molar-refractivity contribution in [1.29, 1.82) is 0 Å². The summed E-state index contributed by atoms with van der Waals surface area (Å²) in [4.78, 5) is 17.4. The van der Waals surface area contributed by atoms with Crippen molar-refractivity contribution in [2.75, 3.05) is 19.8 Å². The van der Waals surface area contributed by atoms with Gasteiger partial charge in [0.15, 0.2) is 0 Å². The van der Waals surface area contributed by atoms with Crippen LogP contribution < -0.4 is 14.8 Å². The van der Waals surface area contributed by atoms with Crippen molar-refractivity contribution < 1.29 is 38.4 Å². The molecule has 7 nitrogen and oxygen atoms in total. The summed E-state index contributed by atoms with van der Waals surface area (Å²) in [6, 6.07) is 5.71. The number of nitrogens with one attached hydrogen (secondary N) is 1. The van der Waals surface area contributed by atoms with Gasteiger partial charge < -0.3 is 4.74 Å². The van der Waals surface area contributed by atoms with Crippen LogP contribution in [0.3, 0.4) is 0 Å². The molecule has 0 bridgehead atoms. The molecule has 1 aromatic carbocycles. The number of nitrogens with zero attached hydrogens (tertiary/aromatic N) is 2. The maximum atomic E-state index is 12.9. The number of benzene rings is 1. The van der Waals surface area contributed by atoms with Crippen molar-refractivity contribution >= 4 is 9.81 Å². The summed E-state index contributed by atoms with van der Waals surface area (Å²) in [5.74, 6) is 1.95. The van der Waals surface area contributed by atoms with E-state index in [9.17, 15) is 4.79 Å². The molecule has 3 heterocycles. The third kappa shape index (κ3) is 5.64. The average molecular weight is 605 g/mol. The molecule has 32 heavy (non-hydrogen) atoms. The predicted molar refractivity (Wildman–Crippen MR) is 118 cm³/mol. The van der Waals surface area contributed by atoms with Gasteiger partial charge in [-0.2, -0.15) is 0 Å². The Morgan fingerprint density at radius 2 is 2.16 bits per heavy atom. The predicted octanol–water partition coefficient (Wildman–Crippen LogP) is 3.35. The standard InChI is InChI=1S/C24H27N3O4.W/c1-18-6-5-14-30-22-9-8-19(31-20-10-15-29-17-20)16-21(22)24(28)26-11-4-2-3-7-23-25-12-13-27(18)23;/h2-4,8-9,11-13,16,18,20H,5-6,10,14-15,17H2,1H3,(H,26,28);. The fraction of sp³-hybridized carbons (Fsp3) is 0.375. The molecule has 1 fully saturated rings. The van der Waals surface area contributed by atoms with Crippen LogP contribution in [0.4, 0.5) is 0 Å². The molecular formula is C24H27N3O4W. The molecule has 1 amide bonds. The molecule has 0 radical (unpaired) electrons. The molecule has 2 unspecified atom stereocenters. The van der Waals surface area contributed by atoms with Crippen molar-refractivity contribution in [2.45, 2.75) is 38.3 Å². The zero-order valence-electron chi connectivity index (χ0n) is 18.0. The zero-order valence-corrected chi connectivity index (χ0v) is 21.0. The molecule has 0 aliphatic carbocycles. The van der Waals surface area contributed by atoms with E-state index in [1.165, 1.54) is 19.4 Å². The summed E-state index contributed by atoms with van der Waals surface area (Å²) in [6.45, 7) is 3.99. The van der Waals surface area contributed by atoms with Crippen LogP contribution in [0.25, 0.3) is 0 Å². The summed E-state index contributed by atoms with van der Waals surface area (Å²) in [6.07, 6.45) is 13.9. The van der Waals surface area contributed by atoms with Gasteiger partial charge in [-0.25, -0.2) is 0 Å². The topological polar surface area (TPSA) is 74.6 Å². The molecule has 2 aromatic rings. The summed E-state index contributed by atoms with van der Waals surface area (Å²) >= 11 is 1.34. The van der Waals surface area contributed by atoms with Crippen LogP contribution in [0.15, 0.2) is 55.0 Å². The van der Waals surface area contributed by atoms with Crippen LogP contribution in [0.1, 0.15) is 48.4 Å². The molecule has 1 N–H and O–H groups in total. The summed E-state index contributed by atoms with van der Waals surface area (Å²) in [7, 11) is 0. The first kappa shape index (κ1) is 22.7. The number of carbonyl (C=O) groups is 1. The summed E-state index contributed by atoms with van der Waals surface area (Å²) < 4.78 is 20.7. The van der Waals surface area contributed by atoms with Gasteiger partial charge in [0.05, 0.1) is 13.2 Å². The van der Waals surface area contributed by atoms with E-state index in [0.717, 1.165) is 29.0 Å². The normalized spacial score (nSPS) is 22.0. The Labute approximate surface area is 198 Å². The zero-order chi connectivity index (χ0) is 22.3. The van der Waals surface area contributed by atoms with E-state index >= 15 is 0 Å². The van der Waals surface area contributed by atoms with Crippen molar-refractivity contribution in [3.63, 3.8) is 0 Å². The van der Waals surface area contributed by atoms with Gasteiger partial charge in [-0.3, -0.25) is 0 Å². The molecule has 2 aliphatic heterocycles. The van der Waals surface area contributed by atoms with Crippen LogP contribution in [-0.2, 0) is 24.1 Å². The molecule has 4 rings (SSSR count). The summed E-state index contributed by atoms with van der Waals surface area (Å²) in [5, 5.41) is 2.82. The molecule has 8 heteroatoms. The Hall–Kier alpha value is -2.50. The molecule has 1 saturated heterocycles. The summed E-state index contributed by atoms with van der Waals surface area (Å²) in [5.41, 5.74) is 0.458. The van der Waals surface area contributed by atoms with Crippen LogP contribution in [0.5, 0.6) is 11.5 Å². The number of fused-ring (bicyclic) bond motifs is 2. The van der Waals surface area contributed by atoms with Gasteiger partial charge in [0.25, 0.3) is 0 Å². The monoisotopic (exact) mass is 605 g/mol. The van der Waals surface area contributed by atoms with Gasteiger partial charge in [-0.05, 0) is 0 Å². The first-order chi connectivity index (χ1) is 15.6. The van der Waals surface area contributed by atoms with Crippen molar-refractivity contribution in [2.24, 2.45) is 0 Å². The number of rotatable bonds is 2. The number of amides is 1. The van der Waals surface area contributed by atoms with Gasteiger partial charge in [0, 0.05) is 6.42 Å². The van der Waals surface area contributed by atoms with E-state index in [1.807, 2.05) is 36.7 Å². The van der Waals surface area contributed by atoms with E-state index in [0.29, 0.717) is 42.9 Å². The maximum absolute atomic E-state index is 12.9. The minimum absolute atomic E-state index is 0.0180. The quantitative estimate of drug-likeness (QED) is 0.569. The third-order valence-electron chi connectivity index (χ3n) is 5.44. The number of ether oxygens (including phenoxy) is 3. The van der Waals surface area contributed by atoms with Crippen molar-refractivity contribution in [3.8, 4) is 11.5 Å². The van der Waals surface area contributed by atoms with Gasteiger partial charge in [0.2, 0.25) is 0 Å². The molecule has 1 aromatic heterocycles. The Kier molecular flexibility index (Phi) is 7.71. The van der Waals surface area contributed by atoms with Crippen LogP contribution in [0.2, 0.25) is 0 Å². The second kappa shape index (κ2) is 10.9. The van der Waals surface area contributed by atoms with E-state index in [-0.39, 0.29) is 12.0 Å². The molecule has 2 aliphatic rings. The molecule has 0 spiro atoms. The Morgan fingerprint density at radius 1 is 1.25 bits per heavy atom. The minimum atomic E-state index is -0.236. The van der Waals surface area contributed by atoms with E-state index in [4.69, 9.17) is 14.2 Å². The third-order valence-corrected chi connectivity index (χ3v) is 6.59. The number of aromatic nitrogens is 2. The number of allylic oxidation sites excluding steroid dienone is 3. The first-order valence-corrected chi connectivity index (χ1v) is 12.3. The second-order valence-corrected chi connectivity index (χ2v) is 9.40. The Bertz CT molecular complexity index is 1020. The van der Waals surface area contributed by atoms with Crippen LogP contribution in [-0.4, -0.2) is 45.3 Å². The molecule has 168 valence electrons. The average Bonchev–Trinajstić information content (AvgIpc) is 3.48. The van der Waals surface area contributed by atoms with Crippen molar-refractivity contribution in [1.82, 2.24) is 14.9 Å². The molecular weight excluding hydrogens is 578 g/mol. The Balaban J connectivity index is 1.55. The van der Waals surface area contributed by atoms with E-state index < -0.39 is 0 Å². The number of imidazole rings is 1. The fourth-order valence-corrected chi connectivity index (χ4v) is 4.57. The Morgan fingerprint density at radius 3 is 3.00 bits per heavy atom. The SMILES string of the molecule is CC1CCCOc2ccc(OC3CCOC3)cc2C(=O)NC=CC=C[C](=[W])c2nccn21. The van der Waals surface area contributed by atoms with Crippen molar-refractivity contribution in [3.05, 3.63) is 66.4 Å². The second-order valence-electron chi connectivity index (χ2n) is 7.82. The van der Waals surface area contributed by atoms with Crippen LogP contribution >= 0.6 is 0 Å². The molecule has 0 saturated carbocycles. The van der Waals surface area contributed by atoms with E-state index in [1.54, 1.807) is 18.3 Å². The van der Waals surface area contributed by atoms with Gasteiger partial charge in [-0.1, -0.05) is 0 Å². The van der Waals surface area contributed by atoms with Gasteiger partial charge in [-0.15, -0.1) is 0 Å². The van der Waals surface area contributed by atoms with E-state index in [2.05, 4.69) is 21.8 Å². The fourth-order valence-electron chi connectivity index (χ4n) is 3.72. The number of hydrogen-bond donors (Lipinski definition) is 1. The first-order valence-electron chi connectivity index (χ1n) is 10.8. The number of carbonyl (C=O) groups excluding carboxylic acids is 1. The van der Waals surface area contributed by atoms with Crippen LogP contribution in [0, 0.1) is 0 Å². The van der Waals surface area contributed by atoms with Gasteiger partial charge in [0.1, 0.15) is 0 Å².